The highest BCUT2D eigenvalue weighted by Crippen LogP contribution is 2.23. The summed E-state index contributed by atoms with van der Waals surface area (Å²) in [5, 5.41) is 18.8. The Kier molecular flexibility index (Phi) is 4.29. The highest BCUT2D eigenvalue weighted by atomic mass is 19.1. The minimum Gasteiger partial charge on any atom is -0.492 e. The molecule has 0 bridgehead atoms. The molecule has 0 aromatic carbocycles. The van der Waals surface area contributed by atoms with Gasteiger partial charge in [-0.2, -0.15) is 4.98 Å². The van der Waals surface area contributed by atoms with Crippen LogP contribution in [0, 0.1) is 5.82 Å². The van der Waals surface area contributed by atoms with Crippen LogP contribution in [-0.2, 0) is 0 Å². The van der Waals surface area contributed by atoms with Crippen molar-refractivity contribution in [1.29, 1.82) is 0 Å². The molecule has 8 heteroatoms. The van der Waals surface area contributed by atoms with Crippen molar-refractivity contribution in [3.8, 4) is 5.88 Å². The van der Waals surface area contributed by atoms with Gasteiger partial charge in [0.1, 0.15) is 5.69 Å². The maximum atomic E-state index is 13.8. The number of aromatic nitrogens is 3. The van der Waals surface area contributed by atoms with E-state index in [9.17, 15) is 9.50 Å². The highest BCUT2D eigenvalue weighted by molar-refractivity contribution is 5.59. The monoisotopic (exact) mass is 304 g/mol. The summed E-state index contributed by atoms with van der Waals surface area (Å²) in [6, 6.07) is 3.43. The Bertz CT molecular complexity index is 647. The molecule has 1 aliphatic rings. The zero-order valence-corrected chi connectivity index (χ0v) is 11.9. The van der Waals surface area contributed by atoms with Crippen LogP contribution in [0.2, 0.25) is 0 Å². The molecule has 1 fully saturated rings. The van der Waals surface area contributed by atoms with Gasteiger partial charge in [0.05, 0.1) is 6.20 Å². The molecule has 2 aromatic heterocycles. The van der Waals surface area contributed by atoms with Gasteiger partial charge in [-0.15, -0.1) is 0 Å². The normalized spacial score (nSPS) is 18.0. The fourth-order valence-corrected chi connectivity index (χ4v) is 2.31. The van der Waals surface area contributed by atoms with E-state index < -0.39 is 5.82 Å². The van der Waals surface area contributed by atoms with Crippen LogP contribution >= 0.6 is 0 Å². The second kappa shape index (κ2) is 6.52. The summed E-state index contributed by atoms with van der Waals surface area (Å²) < 4.78 is 13.8. The summed E-state index contributed by atoms with van der Waals surface area (Å²) in [5.41, 5.74) is 0.361. The first-order valence-corrected chi connectivity index (χ1v) is 7.13. The average Bonchev–Trinajstić information content (AvgIpc) is 2.54. The topological polar surface area (TPSA) is 95.0 Å². The zero-order valence-electron chi connectivity index (χ0n) is 11.9. The third kappa shape index (κ3) is 3.40. The third-order valence-corrected chi connectivity index (χ3v) is 3.41. The average molecular weight is 304 g/mol. The van der Waals surface area contributed by atoms with E-state index in [0.29, 0.717) is 5.69 Å². The van der Waals surface area contributed by atoms with Gasteiger partial charge in [-0.05, 0) is 31.5 Å². The summed E-state index contributed by atoms with van der Waals surface area (Å²) in [5.74, 6) is -0.335. The SMILES string of the molecule is Oc1ncccc1Nc1ncc(F)c(NC2CCCNC2)n1. The Balaban J connectivity index is 1.76. The van der Waals surface area contributed by atoms with Gasteiger partial charge in [-0.3, -0.25) is 0 Å². The van der Waals surface area contributed by atoms with Gasteiger partial charge in [0.25, 0.3) is 0 Å². The molecule has 0 radical (unpaired) electrons. The molecule has 3 rings (SSSR count). The quantitative estimate of drug-likeness (QED) is 0.682. The number of anilines is 3. The van der Waals surface area contributed by atoms with Crippen molar-refractivity contribution in [3.05, 3.63) is 30.3 Å². The second-order valence-electron chi connectivity index (χ2n) is 5.08. The van der Waals surface area contributed by atoms with E-state index in [1.54, 1.807) is 12.1 Å². The van der Waals surface area contributed by atoms with Crippen molar-refractivity contribution in [2.45, 2.75) is 18.9 Å². The Morgan fingerprint density at radius 2 is 2.27 bits per heavy atom. The van der Waals surface area contributed by atoms with E-state index in [4.69, 9.17) is 0 Å². The summed E-state index contributed by atoms with van der Waals surface area (Å²) in [6.07, 6.45) is 4.57. The van der Waals surface area contributed by atoms with E-state index in [1.807, 2.05) is 0 Å². The molecule has 1 atom stereocenters. The number of hydrogen-bond donors (Lipinski definition) is 4. The molecule has 2 aromatic rings. The van der Waals surface area contributed by atoms with E-state index in [-0.39, 0.29) is 23.7 Å². The first-order valence-electron chi connectivity index (χ1n) is 7.13. The number of halogens is 1. The lowest BCUT2D eigenvalue weighted by atomic mass is 10.1. The minimum absolute atomic E-state index is 0.137. The van der Waals surface area contributed by atoms with Crippen molar-refractivity contribution < 1.29 is 9.50 Å². The van der Waals surface area contributed by atoms with Crippen molar-refractivity contribution in [3.63, 3.8) is 0 Å². The van der Waals surface area contributed by atoms with Crippen molar-refractivity contribution in [1.82, 2.24) is 20.3 Å². The van der Waals surface area contributed by atoms with E-state index in [2.05, 4.69) is 30.9 Å². The molecule has 1 unspecified atom stereocenters. The first-order chi connectivity index (χ1) is 10.7. The highest BCUT2D eigenvalue weighted by Gasteiger charge is 2.16. The lowest BCUT2D eigenvalue weighted by Crippen LogP contribution is -2.38. The predicted octanol–water partition coefficient (Wildman–Crippen LogP) is 1.62. The summed E-state index contributed by atoms with van der Waals surface area (Å²) in [6.45, 7) is 1.76. The van der Waals surface area contributed by atoms with Gasteiger partial charge in [-0.1, -0.05) is 0 Å². The zero-order chi connectivity index (χ0) is 15.4. The minimum atomic E-state index is -0.508. The van der Waals surface area contributed by atoms with Crippen LogP contribution in [0.1, 0.15) is 12.8 Å². The number of aromatic hydroxyl groups is 1. The number of piperidine rings is 1. The van der Waals surface area contributed by atoms with Crippen molar-refractivity contribution in [2.75, 3.05) is 23.7 Å². The van der Waals surface area contributed by atoms with Crippen LogP contribution in [0.5, 0.6) is 5.88 Å². The molecule has 1 aliphatic heterocycles. The van der Waals surface area contributed by atoms with E-state index in [0.717, 1.165) is 32.1 Å². The maximum Gasteiger partial charge on any atom is 0.235 e. The van der Waals surface area contributed by atoms with E-state index in [1.165, 1.54) is 6.20 Å². The standard InChI is InChI=1S/C14H17FN6O/c15-10-8-18-14(20-11-4-2-6-17-13(11)22)21-12(10)19-9-3-1-5-16-7-9/h2,4,6,8-9,16H,1,3,5,7H2,(H,17,22)(H2,18,19,20,21). The lowest BCUT2D eigenvalue weighted by molar-refractivity contribution is 0.456. The smallest absolute Gasteiger partial charge is 0.235 e. The number of pyridine rings is 1. The summed E-state index contributed by atoms with van der Waals surface area (Å²) in [4.78, 5) is 11.8. The van der Waals surface area contributed by atoms with Gasteiger partial charge in [0.2, 0.25) is 11.8 Å². The molecule has 22 heavy (non-hydrogen) atoms. The molecule has 1 saturated heterocycles. The fraction of sp³-hybridized carbons (Fsp3) is 0.357. The number of rotatable bonds is 4. The first kappa shape index (κ1) is 14.5. The largest absolute Gasteiger partial charge is 0.492 e. The van der Waals surface area contributed by atoms with Crippen LogP contribution in [0.25, 0.3) is 0 Å². The van der Waals surface area contributed by atoms with Crippen LogP contribution in [0.4, 0.5) is 21.8 Å². The molecule has 116 valence electrons. The Labute approximate surface area is 127 Å². The molecule has 0 amide bonds. The summed E-state index contributed by atoms with van der Waals surface area (Å²) in [7, 11) is 0. The maximum absolute atomic E-state index is 13.8. The van der Waals surface area contributed by atoms with Gasteiger partial charge in [0.15, 0.2) is 11.6 Å². The van der Waals surface area contributed by atoms with Gasteiger partial charge >= 0.3 is 0 Å². The van der Waals surface area contributed by atoms with Gasteiger partial charge < -0.3 is 21.1 Å². The fourth-order valence-electron chi connectivity index (χ4n) is 2.31. The predicted molar refractivity (Wildman–Crippen MR) is 80.7 cm³/mol. The summed E-state index contributed by atoms with van der Waals surface area (Å²) >= 11 is 0. The van der Waals surface area contributed by atoms with Crippen LogP contribution in [0.15, 0.2) is 24.5 Å². The molecule has 0 spiro atoms. The second-order valence-corrected chi connectivity index (χ2v) is 5.08. The lowest BCUT2D eigenvalue weighted by Gasteiger charge is -2.24. The molecule has 3 heterocycles. The molecule has 0 aliphatic carbocycles. The van der Waals surface area contributed by atoms with Crippen LogP contribution in [-0.4, -0.2) is 39.2 Å². The van der Waals surface area contributed by atoms with Gasteiger partial charge in [-0.25, -0.2) is 14.4 Å². The molecular formula is C14H17FN6O. The number of nitrogens with one attached hydrogen (secondary N) is 3. The molecule has 0 saturated carbocycles. The molecule has 4 N–H and O–H groups in total. The Morgan fingerprint density at radius 3 is 3.05 bits per heavy atom. The Hall–Kier alpha value is -2.48. The molecule has 7 nitrogen and oxygen atoms in total. The Morgan fingerprint density at radius 1 is 1.36 bits per heavy atom. The number of hydrogen-bond acceptors (Lipinski definition) is 7. The van der Waals surface area contributed by atoms with Crippen molar-refractivity contribution in [2.24, 2.45) is 0 Å². The molecular weight excluding hydrogens is 287 g/mol. The van der Waals surface area contributed by atoms with Gasteiger partial charge in [0, 0.05) is 18.8 Å². The number of nitrogens with zero attached hydrogens (tertiary/aromatic N) is 3. The van der Waals surface area contributed by atoms with Crippen LogP contribution in [0.3, 0.4) is 0 Å². The van der Waals surface area contributed by atoms with E-state index >= 15 is 0 Å². The van der Waals surface area contributed by atoms with Crippen molar-refractivity contribution >= 4 is 17.5 Å². The third-order valence-electron chi connectivity index (χ3n) is 3.41. The van der Waals surface area contributed by atoms with Crippen LogP contribution < -0.4 is 16.0 Å².